The van der Waals surface area contributed by atoms with Crippen LogP contribution in [0.1, 0.15) is 43.7 Å². The minimum atomic E-state index is -0.426. The van der Waals surface area contributed by atoms with Crippen LogP contribution in [0.25, 0.3) is 0 Å². The molecule has 1 spiro atoms. The van der Waals surface area contributed by atoms with Gasteiger partial charge in [-0.1, -0.05) is 32.0 Å². The van der Waals surface area contributed by atoms with Gasteiger partial charge in [-0.2, -0.15) is 0 Å². The van der Waals surface area contributed by atoms with E-state index in [4.69, 9.17) is 9.47 Å². The molecule has 2 fully saturated rings. The van der Waals surface area contributed by atoms with Crippen molar-refractivity contribution in [2.45, 2.75) is 45.3 Å². The lowest BCUT2D eigenvalue weighted by atomic mass is 9.98. The third kappa shape index (κ3) is 3.57. The average molecular weight is 332 g/mol. The lowest BCUT2D eigenvalue weighted by Crippen LogP contribution is -2.48. The van der Waals surface area contributed by atoms with E-state index < -0.39 is 5.79 Å². The fourth-order valence-electron chi connectivity index (χ4n) is 3.57. The summed E-state index contributed by atoms with van der Waals surface area (Å²) >= 11 is 0. The molecule has 0 atom stereocenters. The molecule has 0 saturated carbocycles. The van der Waals surface area contributed by atoms with Gasteiger partial charge >= 0.3 is 0 Å². The van der Waals surface area contributed by atoms with Crippen molar-refractivity contribution >= 4 is 11.6 Å². The first kappa shape index (κ1) is 17.2. The molecule has 0 aliphatic carbocycles. The zero-order valence-corrected chi connectivity index (χ0v) is 14.9. The summed E-state index contributed by atoms with van der Waals surface area (Å²) in [4.78, 5) is 14.5. The second-order valence-electron chi connectivity index (χ2n) is 7.04. The highest BCUT2D eigenvalue weighted by Gasteiger charge is 2.40. The van der Waals surface area contributed by atoms with Crippen LogP contribution in [0.4, 0.5) is 5.69 Å². The molecule has 3 rings (SSSR count). The van der Waals surface area contributed by atoms with E-state index >= 15 is 0 Å². The summed E-state index contributed by atoms with van der Waals surface area (Å²) in [6, 6.07) is 6.28. The van der Waals surface area contributed by atoms with Gasteiger partial charge in [0, 0.05) is 31.6 Å². The number of carbonyl (C=O) groups excluding carboxylic acids is 1. The molecule has 1 aromatic carbocycles. The number of piperidine rings is 1. The molecule has 0 aromatic heterocycles. The zero-order valence-electron chi connectivity index (χ0n) is 14.9. The highest BCUT2D eigenvalue weighted by atomic mass is 16.7. The van der Waals surface area contributed by atoms with Crippen molar-refractivity contribution in [3.63, 3.8) is 0 Å². The number of hydrogen-bond donors (Lipinski definition) is 1. The normalized spacial score (nSPS) is 19.9. The number of nitrogens with zero attached hydrogens (tertiary/aromatic N) is 1. The molecule has 2 saturated heterocycles. The number of ether oxygens (including phenoxy) is 2. The molecule has 0 unspecified atom stereocenters. The number of hydrogen-bond acceptors (Lipinski definition) is 4. The van der Waals surface area contributed by atoms with Gasteiger partial charge in [-0.25, -0.2) is 0 Å². The van der Waals surface area contributed by atoms with Crippen LogP contribution in [-0.2, 0) is 14.3 Å². The van der Waals surface area contributed by atoms with E-state index in [1.54, 1.807) is 0 Å². The number of aryl methyl sites for hydroxylation is 1. The van der Waals surface area contributed by atoms with E-state index in [2.05, 4.69) is 44.3 Å². The Hall–Kier alpha value is -1.59. The first-order valence-corrected chi connectivity index (χ1v) is 8.90. The second kappa shape index (κ2) is 7.11. The number of para-hydroxylation sites is 1. The highest BCUT2D eigenvalue weighted by molar-refractivity contribution is 5.81. The van der Waals surface area contributed by atoms with Gasteiger partial charge in [-0.15, -0.1) is 0 Å². The van der Waals surface area contributed by atoms with Gasteiger partial charge < -0.3 is 19.7 Å². The molecule has 5 heteroatoms. The van der Waals surface area contributed by atoms with Crippen molar-refractivity contribution in [2.75, 3.05) is 38.2 Å². The molecule has 0 bridgehead atoms. The van der Waals surface area contributed by atoms with E-state index in [1.807, 2.05) is 4.90 Å². The molecule has 1 N–H and O–H groups in total. The summed E-state index contributed by atoms with van der Waals surface area (Å²) < 4.78 is 11.4. The molecule has 132 valence electrons. The summed E-state index contributed by atoms with van der Waals surface area (Å²) in [5.74, 6) is 0.139. The molecule has 1 amide bonds. The quantitative estimate of drug-likeness (QED) is 0.921. The van der Waals surface area contributed by atoms with Crippen LogP contribution in [0.3, 0.4) is 0 Å². The molecule has 0 radical (unpaired) electrons. The second-order valence-corrected chi connectivity index (χ2v) is 7.04. The van der Waals surface area contributed by atoms with E-state index in [9.17, 15) is 4.79 Å². The number of carbonyl (C=O) groups is 1. The van der Waals surface area contributed by atoms with Crippen molar-refractivity contribution in [3.8, 4) is 0 Å². The maximum absolute atomic E-state index is 12.5. The van der Waals surface area contributed by atoms with Crippen LogP contribution in [0.5, 0.6) is 0 Å². The molecule has 24 heavy (non-hydrogen) atoms. The number of rotatable bonds is 4. The molecule has 2 aliphatic rings. The Bertz CT molecular complexity index is 584. The predicted molar refractivity (Wildman–Crippen MR) is 94.2 cm³/mol. The van der Waals surface area contributed by atoms with Crippen LogP contribution < -0.4 is 5.32 Å². The number of benzene rings is 1. The number of likely N-dealkylation sites (tertiary alicyclic amines) is 1. The van der Waals surface area contributed by atoms with Crippen LogP contribution in [0, 0.1) is 6.92 Å². The van der Waals surface area contributed by atoms with E-state index in [-0.39, 0.29) is 5.91 Å². The van der Waals surface area contributed by atoms with Crippen LogP contribution in [0.15, 0.2) is 18.2 Å². The smallest absolute Gasteiger partial charge is 0.241 e. The summed E-state index contributed by atoms with van der Waals surface area (Å²) in [6.07, 6.45) is 1.53. The summed E-state index contributed by atoms with van der Waals surface area (Å²) in [5, 5.41) is 3.37. The summed E-state index contributed by atoms with van der Waals surface area (Å²) in [5.41, 5.74) is 3.53. The first-order chi connectivity index (χ1) is 11.5. The number of anilines is 1. The van der Waals surface area contributed by atoms with Crippen molar-refractivity contribution in [1.82, 2.24) is 4.90 Å². The van der Waals surface area contributed by atoms with Gasteiger partial charge in [0.2, 0.25) is 5.91 Å². The van der Waals surface area contributed by atoms with Gasteiger partial charge in [-0.05, 0) is 24.0 Å². The Morgan fingerprint density at radius 3 is 2.54 bits per heavy atom. The van der Waals surface area contributed by atoms with Gasteiger partial charge in [0.15, 0.2) is 5.79 Å². The topological polar surface area (TPSA) is 50.8 Å². The minimum absolute atomic E-state index is 0.140. The average Bonchev–Trinajstić information content (AvgIpc) is 3.02. The highest BCUT2D eigenvalue weighted by Crippen LogP contribution is 2.31. The first-order valence-electron chi connectivity index (χ1n) is 8.90. The molecule has 2 aliphatic heterocycles. The molecule has 1 aromatic rings. The Labute approximate surface area is 144 Å². The fraction of sp³-hybridized carbons (Fsp3) is 0.632. The van der Waals surface area contributed by atoms with E-state index in [0.29, 0.717) is 38.8 Å². The Morgan fingerprint density at radius 2 is 1.92 bits per heavy atom. The minimum Gasteiger partial charge on any atom is -0.376 e. The molecule has 2 heterocycles. The van der Waals surface area contributed by atoms with E-state index in [1.165, 1.54) is 11.1 Å². The monoisotopic (exact) mass is 332 g/mol. The van der Waals surface area contributed by atoms with Gasteiger partial charge in [0.1, 0.15) is 0 Å². The SMILES string of the molecule is Cc1cccc(C(C)C)c1NCC(=O)N1CCC2(CC1)OCCO2. The van der Waals surface area contributed by atoms with Gasteiger partial charge in [-0.3, -0.25) is 4.79 Å². The largest absolute Gasteiger partial charge is 0.376 e. The Kier molecular flexibility index (Phi) is 5.11. The lowest BCUT2D eigenvalue weighted by molar-refractivity contribution is -0.187. The van der Waals surface area contributed by atoms with Gasteiger partial charge in [0.05, 0.1) is 19.8 Å². The van der Waals surface area contributed by atoms with Crippen LogP contribution >= 0.6 is 0 Å². The number of nitrogens with one attached hydrogen (secondary N) is 1. The number of amides is 1. The fourth-order valence-corrected chi connectivity index (χ4v) is 3.57. The lowest BCUT2D eigenvalue weighted by Gasteiger charge is -2.37. The molecule has 5 nitrogen and oxygen atoms in total. The van der Waals surface area contributed by atoms with Gasteiger partial charge in [0.25, 0.3) is 0 Å². The van der Waals surface area contributed by atoms with Crippen LogP contribution in [-0.4, -0.2) is 49.4 Å². The third-order valence-corrected chi connectivity index (χ3v) is 5.03. The molecular formula is C19H28N2O3. The zero-order chi connectivity index (χ0) is 17.2. The van der Waals surface area contributed by atoms with Crippen molar-refractivity contribution in [1.29, 1.82) is 0 Å². The molecular weight excluding hydrogens is 304 g/mol. The van der Waals surface area contributed by atoms with Crippen LogP contribution in [0.2, 0.25) is 0 Å². The van der Waals surface area contributed by atoms with Crippen molar-refractivity contribution in [2.24, 2.45) is 0 Å². The Balaban J connectivity index is 1.57. The summed E-state index contributed by atoms with van der Waals surface area (Å²) in [7, 11) is 0. The Morgan fingerprint density at radius 1 is 1.25 bits per heavy atom. The van der Waals surface area contributed by atoms with Crippen molar-refractivity contribution in [3.05, 3.63) is 29.3 Å². The third-order valence-electron chi connectivity index (χ3n) is 5.03. The predicted octanol–water partition coefficient (Wildman–Crippen LogP) is 2.90. The maximum atomic E-state index is 12.5. The maximum Gasteiger partial charge on any atom is 0.241 e. The van der Waals surface area contributed by atoms with E-state index in [0.717, 1.165) is 18.5 Å². The standard InChI is InChI=1S/C19H28N2O3/c1-14(2)16-6-4-5-15(3)18(16)20-13-17(22)21-9-7-19(8-10-21)23-11-12-24-19/h4-6,14,20H,7-13H2,1-3H3. The summed E-state index contributed by atoms with van der Waals surface area (Å²) in [6.45, 7) is 9.50. The van der Waals surface area contributed by atoms with Crippen molar-refractivity contribution < 1.29 is 14.3 Å².